The Labute approximate surface area is 159 Å². The van der Waals surface area contributed by atoms with E-state index in [0.717, 1.165) is 0 Å². The van der Waals surface area contributed by atoms with Crippen molar-refractivity contribution >= 4 is 38.0 Å². The van der Waals surface area contributed by atoms with E-state index in [0.29, 0.717) is 17.4 Å². The number of phenols is 1. The first-order valence-corrected chi connectivity index (χ1v) is 9.57. The number of rotatable bonds is 5. The second-order valence-electron chi connectivity index (χ2n) is 5.91. The average molecular weight is 401 g/mol. The van der Waals surface area contributed by atoms with Gasteiger partial charge in [-0.25, -0.2) is 0 Å². The standard InChI is InChI=1S/C18H15N3O6S/c1-2-11-3-6-13(9-16(11)21(23)24)19-20-18-15-10-14(28(25,26)27)7-4-12(15)5-8-17(18)22/h3-10,22H,2H2,1H3,(H,25,26,27). The first-order valence-electron chi connectivity index (χ1n) is 8.13. The zero-order valence-electron chi connectivity index (χ0n) is 14.6. The second kappa shape index (κ2) is 7.33. The van der Waals surface area contributed by atoms with E-state index in [1.54, 1.807) is 25.1 Å². The molecule has 0 radical (unpaired) electrons. The van der Waals surface area contributed by atoms with Crippen molar-refractivity contribution in [2.75, 3.05) is 0 Å². The van der Waals surface area contributed by atoms with Crippen LogP contribution in [0.2, 0.25) is 0 Å². The van der Waals surface area contributed by atoms with E-state index in [9.17, 15) is 28.2 Å². The highest BCUT2D eigenvalue weighted by molar-refractivity contribution is 7.85. The van der Waals surface area contributed by atoms with Gasteiger partial charge in [-0.05, 0) is 42.1 Å². The lowest BCUT2D eigenvalue weighted by Gasteiger charge is -2.06. The fraction of sp³-hybridized carbons (Fsp3) is 0.111. The van der Waals surface area contributed by atoms with Gasteiger partial charge in [0.1, 0.15) is 11.4 Å². The molecule has 3 aromatic rings. The molecule has 3 aromatic carbocycles. The van der Waals surface area contributed by atoms with Gasteiger partial charge in [-0.15, -0.1) is 5.11 Å². The van der Waals surface area contributed by atoms with Crippen molar-refractivity contribution in [3.05, 3.63) is 64.2 Å². The number of nitro groups is 1. The molecule has 0 spiro atoms. The monoisotopic (exact) mass is 401 g/mol. The van der Waals surface area contributed by atoms with E-state index in [2.05, 4.69) is 10.2 Å². The fourth-order valence-corrected chi connectivity index (χ4v) is 3.23. The predicted molar refractivity (Wildman–Crippen MR) is 102 cm³/mol. The van der Waals surface area contributed by atoms with Crippen LogP contribution in [0.3, 0.4) is 0 Å². The Kier molecular flexibility index (Phi) is 5.08. The summed E-state index contributed by atoms with van der Waals surface area (Å²) in [6.07, 6.45) is 0.482. The number of aromatic hydroxyl groups is 1. The summed E-state index contributed by atoms with van der Waals surface area (Å²) in [4.78, 5) is 10.3. The number of azo groups is 1. The van der Waals surface area contributed by atoms with Crippen molar-refractivity contribution in [1.82, 2.24) is 0 Å². The van der Waals surface area contributed by atoms with Crippen molar-refractivity contribution in [3.8, 4) is 5.75 Å². The lowest BCUT2D eigenvalue weighted by Crippen LogP contribution is -1.97. The molecule has 0 bridgehead atoms. The summed E-state index contributed by atoms with van der Waals surface area (Å²) in [5, 5.41) is 30.0. The zero-order valence-corrected chi connectivity index (χ0v) is 15.4. The van der Waals surface area contributed by atoms with Gasteiger partial charge in [0.25, 0.3) is 15.8 Å². The van der Waals surface area contributed by atoms with Crippen LogP contribution in [0.4, 0.5) is 17.1 Å². The molecular weight excluding hydrogens is 386 g/mol. The van der Waals surface area contributed by atoms with E-state index < -0.39 is 15.0 Å². The Morgan fingerprint density at radius 2 is 1.79 bits per heavy atom. The van der Waals surface area contributed by atoms with Crippen LogP contribution >= 0.6 is 0 Å². The van der Waals surface area contributed by atoms with Crippen LogP contribution in [-0.2, 0) is 16.5 Å². The van der Waals surface area contributed by atoms with E-state index >= 15 is 0 Å². The minimum Gasteiger partial charge on any atom is -0.506 e. The molecule has 0 aliphatic heterocycles. The van der Waals surface area contributed by atoms with Gasteiger partial charge in [0.15, 0.2) is 0 Å². The fourth-order valence-electron chi connectivity index (χ4n) is 2.73. The normalized spacial score (nSPS) is 11.9. The smallest absolute Gasteiger partial charge is 0.294 e. The summed E-state index contributed by atoms with van der Waals surface area (Å²) in [5.74, 6) is -0.261. The van der Waals surface area contributed by atoms with E-state index in [-0.39, 0.29) is 33.1 Å². The molecule has 0 aliphatic rings. The van der Waals surface area contributed by atoms with Gasteiger partial charge in [0, 0.05) is 17.0 Å². The molecule has 0 atom stereocenters. The Hall–Kier alpha value is -3.37. The molecule has 0 aliphatic carbocycles. The summed E-state index contributed by atoms with van der Waals surface area (Å²) in [6, 6.07) is 11.2. The van der Waals surface area contributed by atoms with Crippen LogP contribution in [0.25, 0.3) is 10.8 Å². The van der Waals surface area contributed by atoms with Crippen LogP contribution < -0.4 is 0 Å². The van der Waals surface area contributed by atoms with Crippen LogP contribution in [0.5, 0.6) is 5.75 Å². The van der Waals surface area contributed by atoms with Gasteiger partial charge in [0.2, 0.25) is 0 Å². The number of aryl methyl sites for hydroxylation is 1. The van der Waals surface area contributed by atoms with Crippen molar-refractivity contribution in [3.63, 3.8) is 0 Å². The van der Waals surface area contributed by atoms with E-state index in [1.165, 1.54) is 30.3 Å². The molecule has 3 rings (SSSR count). The Morgan fingerprint density at radius 1 is 1.07 bits per heavy atom. The summed E-state index contributed by atoms with van der Waals surface area (Å²) >= 11 is 0. The number of benzene rings is 3. The molecule has 0 aromatic heterocycles. The van der Waals surface area contributed by atoms with Crippen LogP contribution in [0.15, 0.2) is 63.7 Å². The molecule has 0 saturated carbocycles. The van der Waals surface area contributed by atoms with Gasteiger partial charge in [-0.2, -0.15) is 13.5 Å². The summed E-state index contributed by atoms with van der Waals surface area (Å²) in [7, 11) is -4.44. The lowest BCUT2D eigenvalue weighted by molar-refractivity contribution is -0.385. The number of phenolic OH excluding ortho intramolecular Hbond substituents is 1. The summed E-state index contributed by atoms with van der Waals surface area (Å²) in [6.45, 7) is 1.80. The van der Waals surface area contributed by atoms with Gasteiger partial charge in [-0.1, -0.05) is 19.1 Å². The maximum Gasteiger partial charge on any atom is 0.294 e. The SMILES string of the molecule is CCc1ccc(N=Nc2c(O)ccc3ccc(S(=O)(=O)O)cc23)cc1[N+](=O)[O-]. The quantitative estimate of drug-likeness (QED) is 0.275. The largest absolute Gasteiger partial charge is 0.506 e. The van der Waals surface area contributed by atoms with Crippen LogP contribution in [0, 0.1) is 10.1 Å². The molecule has 0 unspecified atom stereocenters. The zero-order chi connectivity index (χ0) is 20.5. The maximum absolute atomic E-state index is 11.4. The third kappa shape index (κ3) is 3.82. The second-order valence-corrected chi connectivity index (χ2v) is 7.34. The topological polar surface area (TPSA) is 142 Å². The highest BCUT2D eigenvalue weighted by atomic mass is 32.2. The minimum absolute atomic E-state index is 0.0229. The highest BCUT2D eigenvalue weighted by Crippen LogP contribution is 2.37. The molecule has 2 N–H and O–H groups in total. The maximum atomic E-state index is 11.4. The van der Waals surface area contributed by atoms with Gasteiger partial charge < -0.3 is 5.11 Å². The third-order valence-electron chi connectivity index (χ3n) is 4.15. The Bertz CT molecular complexity index is 1220. The van der Waals surface area contributed by atoms with Crippen molar-refractivity contribution < 1.29 is 23.0 Å². The minimum atomic E-state index is -4.44. The molecule has 0 saturated heterocycles. The van der Waals surface area contributed by atoms with Gasteiger partial charge in [-0.3, -0.25) is 14.7 Å². The van der Waals surface area contributed by atoms with Crippen LogP contribution in [0.1, 0.15) is 12.5 Å². The van der Waals surface area contributed by atoms with Gasteiger partial charge in [0.05, 0.1) is 15.5 Å². The number of hydrogen-bond donors (Lipinski definition) is 2. The number of nitrogens with zero attached hydrogens (tertiary/aromatic N) is 3. The molecule has 144 valence electrons. The van der Waals surface area contributed by atoms with Crippen molar-refractivity contribution in [2.45, 2.75) is 18.2 Å². The van der Waals surface area contributed by atoms with Crippen molar-refractivity contribution in [2.24, 2.45) is 10.2 Å². The molecule has 0 amide bonds. The summed E-state index contributed by atoms with van der Waals surface area (Å²) in [5.41, 5.74) is 0.640. The van der Waals surface area contributed by atoms with Crippen LogP contribution in [-0.4, -0.2) is 23.0 Å². The molecule has 28 heavy (non-hydrogen) atoms. The van der Waals surface area contributed by atoms with Gasteiger partial charge >= 0.3 is 0 Å². The van der Waals surface area contributed by atoms with Crippen molar-refractivity contribution in [1.29, 1.82) is 0 Å². The molecule has 0 heterocycles. The predicted octanol–water partition coefficient (Wildman–Crippen LogP) is 4.68. The highest BCUT2D eigenvalue weighted by Gasteiger charge is 2.15. The Balaban J connectivity index is 2.12. The molecule has 10 heteroatoms. The molecular formula is C18H15N3O6S. The Morgan fingerprint density at radius 3 is 2.43 bits per heavy atom. The third-order valence-corrected chi connectivity index (χ3v) is 5.00. The van der Waals surface area contributed by atoms with E-state index in [1.807, 2.05) is 0 Å². The molecule has 0 fully saturated rings. The molecule has 9 nitrogen and oxygen atoms in total. The first kappa shape index (κ1) is 19.4. The first-order chi connectivity index (χ1) is 13.2. The summed E-state index contributed by atoms with van der Waals surface area (Å²) < 4.78 is 32.0. The number of nitro benzene ring substituents is 1. The number of fused-ring (bicyclic) bond motifs is 1. The lowest BCUT2D eigenvalue weighted by atomic mass is 10.1. The average Bonchev–Trinajstić information content (AvgIpc) is 2.65. The number of hydrogen-bond acceptors (Lipinski definition) is 7. The van der Waals surface area contributed by atoms with E-state index in [4.69, 9.17) is 0 Å².